The number of anilines is 6. The molecule has 5 heterocycles. The molecule has 0 bridgehead atoms. The van der Waals surface area contributed by atoms with Gasteiger partial charge in [-0.2, -0.15) is 0 Å². The SMILES string of the molecule is [2H]c1c([2H])c([2H])c(-c2nc(-c3ccccc3N3c4cc(-n5c6c([2H])c([2H])c([2H])c([2H])c6c6c([2H])c([2H])c([2H])c([2H])c65)ccc4B4c5ccc(-c6cccc(C(C)(C)C)c6)cc5N(c5c(-c6ccccc6)cc(C(C)(C)C)cc5-c5ccccc5)c5cc(-n6c7ccccc7c7ccccc76)cc3c54)nc(-c3c([2H])c([2H])c([2H])c([2H])c3[2H])n2)c([2H])c1[2H]. The third-order valence-corrected chi connectivity index (χ3v) is 20.1. The van der Waals surface area contributed by atoms with E-state index in [1.165, 1.54) is 4.57 Å². The fourth-order valence-electron chi connectivity index (χ4n) is 15.2. The van der Waals surface area contributed by atoms with Gasteiger partial charge in [0.05, 0.1) is 63.8 Å². The van der Waals surface area contributed by atoms with Crippen molar-refractivity contribution < 1.29 is 24.7 Å². The van der Waals surface area contributed by atoms with Crippen molar-refractivity contribution in [3.63, 3.8) is 0 Å². The summed E-state index contributed by atoms with van der Waals surface area (Å²) < 4.78 is 170. The molecular weight excluding hydrogens is 1250 g/mol. The van der Waals surface area contributed by atoms with Crippen molar-refractivity contribution in [1.82, 2.24) is 24.1 Å². The Bertz CT molecular complexity index is 7050. The highest BCUT2D eigenvalue weighted by Crippen LogP contribution is 2.54. The van der Waals surface area contributed by atoms with Crippen LogP contribution in [0.5, 0.6) is 0 Å². The molecular formula is C95H72BN7. The van der Waals surface area contributed by atoms with Crippen LogP contribution in [0, 0.1) is 0 Å². The van der Waals surface area contributed by atoms with Gasteiger partial charge in [-0.1, -0.05) is 290 Å². The standard InChI is InChI=1S/C95H72BN7/c1-94(2,3)67-39-29-38-65(54-67)66-50-52-78-85(55-66)103(90-76(61-30-11-7-12-31-61)56-68(95(4,5)6)57-77(90)62-32-13-8-14-33-62)88-60-70(101-82-47-26-21-42-73(82)74-43-22-27-48-83(74)101)59-87-89(88)96(78)79-53-51-69(100-80-45-24-19-40-71(80)72-41-20-25-46-81(72)100)58-86(79)102(87)84-49-28-23-44-75(84)93-98-91(63-34-15-9-16-35-63)97-92(99-93)64-36-17-10-18-37-64/h7-60H,1-6H3/i9D,10D,15D,16D,17D,18D,19D,20D,24D,25D,34D,35D,36D,37D,40D,41D,45D,46D. The van der Waals surface area contributed by atoms with Crippen LogP contribution in [0.3, 0.4) is 0 Å². The van der Waals surface area contributed by atoms with Gasteiger partial charge in [0.15, 0.2) is 17.5 Å². The first kappa shape index (κ1) is 45.2. The fourth-order valence-corrected chi connectivity index (χ4v) is 15.2. The van der Waals surface area contributed by atoms with Crippen LogP contribution >= 0.6 is 0 Å². The first-order chi connectivity index (χ1) is 57.8. The Morgan fingerprint density at radius 3 is 1.36 bits per heavy atom. The quantitative estimate of drug-likeness (QED) is 0.128. The molecule has 0 fully saturated rings. The second-order valence-corrected chi connectivity index (χ2v) is 28.2. The van der Waals surface area contributed by atoms with Gasteiger partial charge in [-0.3, -0.25) is 0 Å². The zero-order valence-electron chi connectivity index (χ0n) is 75.0. The van der Waals surface area contributed by atoms with E-state index in [9.17, 15) is 13.7 Å². The Morgan fingerprint density at radius 1 is 0.301 bits per heavy atom. The number of para-hydroxylation sites is 5. The van der Waals surface area contributed by atoms with Crippen molar-refractivity contribution in [1.29, 1.82) is 0 Å². The predicted molar refractivity (Wildman–Crippen MR) is 433 cm³/mol. The number of fused-ring (bicyclic) bond motifs is 10. The molecule has 0 saturated carbocycles. The van der Waals surface area contributed by atoms with E-state index >= 15 is 0 Å². The van der Waals surface area contributed by atoms with E-state index in [1.54, 1.807) is 24.3 Å². The molecule has 8 heteroatoms. The van der Waals surface area contributed by atoms with Crippen LogP contribution in [0.4, 0.5) is 34.1 Å². The van der Waals surface area contributed by atoms with Gasteiger partial charge in [0, 0.05) is 77.8 Å². The molecule has 7 nitrogen and oxygen atoms in total. The van der Waals surface area contributed by atoms with Crippen LogP contribution in [0.15, 0.2) is 327 Å². The molecule has 3 aromatic heterocycles. The average molecular weight is 1340 g/mol. The smallest absolute Gasteiger partial charge is 0.252 e. The first-order valence-corrected chi connectivity index (χ1v) is 34.3. The van der Waals surface area contributed by atoms with Gasteiger partial charge in [0.1, 0.15) is 0 Å². The number of aromatic nitrogens is 5. The first-order valence-electron chi connectivity index (χ1n) is 43.3. The Morgan fingerprint density at radius 2 is 0.767 bits per heavy atom. The van der Waals surface area contributed by atoms with E-state index in [-0.39, 0.29) is 44.3 Å². The lowest BCUT2D eigenvalue weighted by atomic mass is 9.33. The summed E-state index contributed by atoms with van der Waals surface area (Å²) in [6.45, 7) is 12.5. The Labute approximate surface area is 626 Å². The highest BCUT2D eigenvalue weighted by molar-refractivity contribution is 7.00. The number of hydrogen-bond donors (Lipinski definition) is 0. The van der Waals surface area contributed by atoms with Crippen molar-refractivity contribution in [3.8, 4) is 78.9 Å². The summed E-state index contributed by atoms with van der Waals surface area (Å²) in [6.07, 6.45) is 0. The molecule has 0 N–H and O–H groups in total. The number of rotatable bonds is 10. The summed E-state index contributed by atoms with van der Waals surface area (Å²) in [5.74, 6) is -1.24. The molecule has 0 amide bonds. The largest absolute Gasteiger partial charge is 0.311 e. The topological polar surface area (TPSA) is 55.0 Å². The zero-order valence-corrected chi connectivity index (χ0v) is 57.0. The molecule has 19 rings (SSSR count). The van der Waals surface area contributed by atoms with Gasteiger partial charge < -0.3 is 18.9 Å². The lowest BCUT2D eigenvalue weighted by Gasteiger charge is -2.46. The average Bonchev–Trinajstić information content (AvgIpc) is 1.41. The molecule has 0 aliphatic carbocycles. The van der Waals surface area contributed by atoms with E-state index in [4.69, 9.17) is 25.9 Å². The molecule has 0 atom stereocenters. The number of nitrogens with zero attached hydrogens (tertiary/aromatic N) is 7. The van der Waals surface area contributed by atoms with Gasteiger partial charge in [0.25, 0.3) is 6.71 Å². The van der Waals surface area contributed by atoms with E-state index in [0.29, 0.717) is 28.2 Å². The monoisotopic (exact) mass is 1340 g/mol. The number of hydrogen-bond acceptors (Lipinski definition) is 5. The van der Waals surface area contributed by atoms with Gasteiger partial charge in [0.2, 0.25) is 0 Å². The maximum Gasteiger partial charge on any atom is 0.252 e. The summed E-state index contributed by atoms with van der Waals surface area (Å²) >= 11 is 0. The van der Waals surface area contributed by atoms with E-state index < -0.39 is 144 Å². The summed E-state index contributed by atoms with van der Waals surface area (Å²) in [4.78, 5) is 19.4. The Kier molecular flexibility index (Phi) is 10.5. The van der Waals surface area contributed by atoms with Gasteiger partial charge >= 0.3 is 0 Å². The molecule has 14 aromatic carbocycles. The summed E-state index contributed by atoms with van der Waals surface area (Å²) in [6, 6.07) is 62.5. The molecule has 103 heavy (non-hydrogen) atoms. The molecule has 2 aliphatic rings. The maximum atomic E-state index is 9.86. The molecule has 2 aliphatic heterocycles. The minimum atomic E-state index is -0.753. The second kappa shape index (κ2) is 24.0. The predicted octanol–water partition coefficient (Wildman–Crippen LogP) is 22.7. The van der Waals surface area contributed by atoms with Gasteiger partial charge in [-0.15, -0.1) is 0 Å². The zero-order chi connectivity index (χ0) is 84.9. The normalized spacial score (nSPS) is 15.1. The lowest BCUT2D eigenvalue weighted by molar-refractivity contribution is 0.590. The summed E-state index contributed by atoms with van der Waals surface area (Å²) in [5, 5.41) is 1.65. The van der Waals surface area contributed by atoms with E-state index in [2.05, 4.69) is 166 Å². The second-order valence-electron chi connectivity index (χ2n) is 28.2. The molecule has 0 spiro atoms. The van der Waals surface area contributed by atoms with Crippen LogP contribution in [0.2, 0.25) is 0 Å². The third kappa shape index (κ3) is 10.2. The minimum Gasteiger partial charge on any atom is -0.311 e. The van der Waals surface area contributed by atoms with Crippen molar-refractivity contribution in [2.24, 2.45) is 0 Å². The lowest BCUT2D eigenvalue weighted by Crippen LogP contribution is -2.61. The van der Waals surface area contributed by atoms with E-state index in [1.807, 2.05) is 83.8 Å². The maximum absolute atomic E-state index is 9.86. The molecule has 17 aromatic rings. The molecule has 0 radical (unpaired) electrons. The van der Waals surface area contributed by atoms with Gasteiger partial charge in [-0.05, 0) is 139 Å². The van der Waals surface area contributed by atoms with Crippen LogP contribution in [-0.4, -0.2) is 30.8 Å². The summed E-state index contributed by atoms with van der Waals surface area (Å²) in [7, 11) is 0. The Balaban J connectivity index is 1.02. The van der Waals surface area contributed by atoms with Crippen LogP contribution in [-0.2, 0) is 10.8 Å². The van der Waals surface area contributed by atoms with Crippen molar-refractivity contribution in [2.45, 2.75) is 52.4 Å². The molecule has 0 saturated heterocycles. The van der Waals surface area contributed by atoms with Gasteiger partial charge in [-0.25, -0.2) is 15.0 Å². The molecule has 490 valence electrons. The number of benzene rings is 14. The highest BCUT2D eigenvalue weighted by atomic mass is 15.2. The Hall–Kier alpha value is -12.6. The molecule has 0 unspecified atom stereocenters. The summed E-state index contributed by atoms with van der Waals surface area (Å²) in [5.41, 5.74) is 14.6. The van der Waals surface area contributed by atoms with Crippen molar-refractivity contribution >= 4 is 101 Å². The van der Waals surface area contributed by atoms with Crippen LogP contribution < -0.4 is 26.2 Å². The van der Waals surface area contributed by atoms with Crippen molar-refractivity contribution in [2.75, 3.05) is 9.80 Å². The van der Waals surface area contributed by atoms with E-state index in [0.717, 1.165) is 94.3 Å². The van der Waals surface area contributed by atoms with Crippen LogP contribution in [0.1, 0.15) is 77.3 Å². The van der Waals surface area contributed by atoms with Crippen molar-refractivity contribution in [3.05, 3.63) is 338 Å². The third-order valence-electron chi connectivity index (χ3n) is 20.1. The fraction of sp³-hybridized carbons (Fsp3) is 0.0842. The van der Waals surface area contributed by atoms with Crippen LogP contribution in [0.25, 0.3) is 123 Å². The highest BCUT2D eigenvalue weighted by Gasteiger charge is 2.46. The minimum absolute atomic E-state index is 0.125.